The summed E-state index contributed by atoms with van der Waals surface area (Å²) in [5, 5.41) is 7.06. The van der Waals surface area contributed by atoms with Gasteiger partial charge in [-0.05, 0) is 43.0 Å². The van der Waals surface area contributed by atoms with Crippen LogP contribution >= 0.6 is 0 Å². The highest BCUT2D eigenvalue weighted by atomic mass is 16.5. The van der Waals surface area contributed by atoms with Gasteiger partial charge in [-0.2, -0.15) is 5.10 Å². The Kier molecular flexibility index (Phi) is 3.36. The second-order valence-electron chi connectivity index (χ2n) is 6.56. The SMILES string of the molecule is COc1ccc(C2(C(=O)N3CC[C@@H](c4ccn[nH]4)C3)CC2)cc1. The van der Waals surface area contributed by atoms with E-state index < -0.39 is 0 Å². The Labute approximate surface area is 135 Å². The summed E-state index contributed by atoms with van der Waals surface area (Å²) >= 11 is 0. The highest BCUT2D eigenvalue weighted by Gasteiger charge is 2.53. The highest BCUT2D eigenvalue weighted by Crippen LogP contribution is 2.50. The molecular formula is C18H21N3O2. The summed E-state index contributed by atoms with van der Waals surface area (Å²) < 4.78 is 5.21. The minimum atomic E-state index is -0.296. The third-order valence-corrected chi connectivity index (χ3v) is 5.24. The third-order valence-electron chi connectivity index (χ3n) is 5.24. The van der Waals surface area contributed by atoms with Crippen LogP contribution in [-0.2, 0) is 10.2 Å². The number of methoxy groups -OCH3 is 1. The van der Waals surface area contributed by atoms with Crippen LogP contribution in [0.1, 0.15) is 36.4 Å². The number of nitrogens with one attached hydrogen (secondary N) is 1. The van der Waals surface area contributed by atoms with Crippen LogP contribution in [0.5, 0.6) is 5.75 Å². The fraction of sp³-hybridized carbons (Fsp3) is 0.444. The van der Waals surface area contributed by atoms with Crippen LogP contribution in [-0.4, -0.2) is 41.2 Å². The number of carbonyl (C=O) groups excluding carboxylic acids is 1. The Balaban J connectivity index is 1.50. The molecule has 0 unspecified atom stereocenters. The predicted molar refractivity (Wildman–Crippen MR) is 86.4 cm³/mol. The summed E-state index contributed by atoms with van der Waals surface area (Å²) in [4.78, 5) is 15.1. The fourth-order valence-electron chi connectivity index (χ4n) is 3.66. The minimum Gasteiger partial charge on any atom is -0.497 e. The Morgan fingerprint density at radius 3 is 2.70 bits per heavy atom. The van der Waals surface area contributed by atoms with Gasteiger partial charge >= 0.3 is 0 Å². The number of amides is 1. The lowest BCUT2D eigenvalue weighted by Gasteiger charge is -2.23. The largest absolute Gasteiger partial charge is 0.497 e. The zero-order chi connectivity index (χ0) is 15.9. The molecular weight excluding hydrogens is 290 g/mol. The van der Waals surface area contributed by atoms with Gasteiger partial charge in [0.15, 0.2) is 0 Å². The van der Waals surface area contributed by atoms with Crippen molar-refractivity contribution >= 4 is 5.91 Å². The number of carbonyl (C=O) groups is 1. The number of hydrogen-bond acceptors (Lipinski definition) is 3. The van der Waals surface area contributed by atoms with Gasteiger partial charge in [0.05, 0.1) is 12.5 Å². The van der Waals surface area contributed by atoms with Crippen molar-refractivity contribution in [3.8, 4) is 5.75 Å². The van der Waals surface area contributed by atoms with E-state index in [-0.39, 0.29) is 11.3 Å². The fourth-order valence-corrected chi connectivity index (χ4v) is 3.66. The van der Waals surface area contributed by atoms with E-state index in [0.29, 0.717) is 5.92 Å². The first-order valence-electron chi connectivity index (χ1n) is 8.16. The van der Waals surface area contributed by atoms with Gasteiger partial charge in [0, 0.05) is 30.9 Å². The average Bonchev–Trinajstić information content (AvgIpc) is 3.02. The summed E-state index contributed by atoms with van der Waals surface area (Å²) in [6.07, 6.45) is 4.68. The summed E-state index contributed by atoms with van der Waals surface area (Å²) in [7, 11) is 1.66. The van der Waals surface area contributed by atoms with E-state index in [1.807, 2.05) is 35.2 Å². The molecule has 2 aromatic rings. The van der Waals surface area contributed by atoms with Gasteiger partial charge in [0.1, 0.15) is 5.75 Å². The molecule has 1 aromatic carbocycles. The molecule has 0 bridgehead atoms. The molecule has 2 aliphatic rings. The molecule has 5 heteroatoms. The molecule has 1 saturated carbocycles. The second kappa shape index (κ2) is 5.41. The molecule has 1 aromatic heterocycles. The zero-order valence-electron chi connectivity index (χ0n) is 13.3. The number of hydrogen-bond donors (Lipinski definition) is 1. The third kappa shape index (κ3) is 2.40. The molecule has 2 heterocycles. The smallest absolute Gasteiger partial charge is 0.233 e. The first kappa shape index (κ1) is 14.3. The van der Waals surface area contributed by atoms with Crippen LogP contribution in [0.15, 0.2) is 36.5 Å². The van der Waals surface area contributed by atoms with E-state index in [1.54, 1.807) is 13.3 Å². The van der Waals surface area contributed by atoms with E-state index in [9.17, 15) is 4.79 Å². The number of likely N-dealkylation sites (tertiary alicyclic amines) is 1. The van der Waals surface area contributed by atoms with Crippen molar-refractivity contribution in [2.24, 2.45) is 0 Å². The Hall–Kier alpha value is -2.30. The number of H-pyrrole nitrogens is 1. The van der Waals surface area contributed by atoms with Crippen molar-refractivity contribution in [3.63, 3.8) is 0 Å². The molecule has 1 amide bonds. The van der Waals surface area contributed by atoms with E-state index in [2.05, 4.69) is 10.2 Å². The Morgan fingerprint density at radius 2 is 2.09 bits per heavy atom. The Morgan fingerprint density at radius 1 is 1.30 bits per heavy atom. The van der Waals surface area contributed by atoms with Gasteiger partial charge in [-0.15, -0.1) is 0 Å². The lowest BCUT2D eigenvalue weighted by Crippen LogP contribution is -2.37. The quantitative estimate of drug-likeness (QED) is 0.943. The van der Waals surface area contributed by atoms with Crippen LogP contribution in [0.4, 0.5) is 0 Å². The lowest BCUT2D eigenvalue weighted by atomic mass is 9.94. The minimum absolute atomic E-state index is 0.282. The molecule has 4 rings (SSSR count). The number of aromatic nitrogens is 2. The van der Waals surface area contributed by atoms with E-state index in [4.69, 9.17) is 4.74 Å². The molecule has 2 fully saturated rings. The zero-order valence-corrected chi connectivity index (χ0v) is 13.3. The average molecular weight is 311 g/mol. The predicted octanol–water partition coefficient (Wildman–Crippen LogP) is 2.47. The monoisotopic (exact) mass is 311 g/mol. The summed E-state index contributed by atoms with van der Waals surface area (Å²) in [5.74, 6) is 1.50. The maximum atomic E-state index is 13.1. The lowest BCUT2D eigenvalue weighted by molar-refractivity contribution is -0.132. The topological polar surface area (TPSA) is 58.2 Å². The van der Waals surface area contributed by atoms with Gasteiger partial charge in [-0.25, -0.2) is 0 Å². The van der Waals surface area contributed by atoms with Crippen LogP contribution in [0.3, 0.4) is 0 Å². The first-order chi connectivity index (χ1) is 11.2. The molecule has 23 heavy (non-hydrogen) atoms. The molecule has 1 saturated heterocycles. The van der Waals surface area contributed by atoms with Crippen molar-refractivity contribution in [2.45, 2.75) is 30.6 Å². The van der Waals surface area contributed by atoms with Crippen molar-refractivity contribution in [3.05, 3.63) is 47.8 Å². The van der Waals surface area contributed by atoms with Crippen LogP contribution in [0.2, 0.25) is 0 Å². The van der Waals surface area contributed by atoms with Gasteiger partial charge in [-0.3, -0.25) is 9.89 Å². The van der Waals surface area contributed by atoms with Crippen molar-refractivity contribution in [2.75, 3.05) is 20.2 Å². The van der Waals surface area contributed by atoms with Gasteiger partial charge < -0.3 is 9.64 Å². The van der Waals surface area contributed by atoms with Crippen LogP contribution in [0, 0.1) is 0 Å². The Bertz CT molecular complexity index is 690. The van der Waals surface area contributed by atoms with E-state index in [1.165, 1.54) is 0 Å². The van der Waals surface area contributed by atoms with E-state index >= 15 is 0 Å². The number of nitrogens with zero attached hydrogens (tertiary/aromatic N) is 2. The molecule has 1 aliphatic heterocycles. The van der Waals surface area contributed by atoms with Crippen molar-refractivity contribution in [1.29, 1.82) is 0 Å². The number of rotatable bonds is 4. The molecule has 120 valence electrons. The molecule has 1 N–H and O–H groups in total. The van der Waals surface area contributed by atoms with Crippen LogP contribution in [0.25, 0.3) is 0 Å². The van der Waals surface area contributed by atoms with Crippen molar-refractivity contribution in [1.82, 2.24) is 15.1 Å². The summed E-state index contributed by atoms with van der Waals surface area (Å²) in [6.45, 7) is 1.62. The normalized spacial score (nSPS) is 22.1. The van der Waals surface area contributed by atoms with Crippen LogP contribution < -0.4 is 4.74 Å². The molecule has 1 aliphatic carbocycles. The standard InChI is InChI=1S/C18H21N3O2/c1-23-15-4-2-14(3-5-15)18(8-9-18)17(22)21-11-7-13(12-21)16-6-10-19-20-16/h2-6,10,13H,7-9,11-12H2,1H3,(H,19,20)/t13-/m1/s1. The molecule has 0 radical (unpaired) electrons. The van der Waals surface area contributed by atoms with Gasteiger partial charge in [-0.1, -0.05) is 12.1 Å². The first-order valence-corrected chi connectivity index (χ1v) is 8.16. The molecule has 0 spiro atoms. The second-order valence-corrected chi connectivity index (χ2v) is 6.56. The van der Waals surface area contributed by atoms with Crippen molar-refractivity contribution < 1.29 is 9.53 Å². The van der Waals surface area contributed by atoms with Gasteiger partial charge in [0.2, 0.25) is 5.91 Å². The molecule has 5 nitrogen and oxygen atoms in total. The van der Waals surface area contributed by atoms with E-state index in [0.717, 1.165) is 49.4 Å². The number of ether oxygens (including phenoxy) is 1. The molecule has 1 atom stereocenters. The highest BCUT2D eigenvalue weighted by molar-refractivity contribution is 5.91. The maximum Gasteiger partial charge on any atom is 0.233 e. The number of aromatic amines is 1. The van der Waals surface area contributed by atoms with Gasteiger partial charge in [0.25, 0.3) is 0 Å². The summed E-state index contributed by atoms with van der Waals surface area (Å²) in [6, 6.07) is 9.97. The number of benzene rings is 1. The maximum absolute atomic E-state index is 13.1. The summed E-state index contributed by atoms with van der Waals surface area (Å²) in [5.41, 5.74) is 1.96.